The summed E-state index contributed by atoms with van der Waals surface area (Å²) in [6.45, 7) is 0. The van der Waals surface area contributed by atoms with E-state index in [0.29, 0.717) is 17.2 Å². The van der Waals surface area contributed by atoms with Crippen molar-refractivity contribution in [3.8, 4) is 5.75 Å². The molecule has 0 radical (unpaired) electrons. The van der Waals surface area contributed by atoms with Gasteiger partial charge >= 0.3 is 0 Å². The van der Waals surface area contributed by atoms with Gasteiger partial charge in [-0.05, 0) is 24.3 Å². The Morgan fingerprint density at radius 2 is 2.00 bits per heavy atom. The zero-order valence-corrected chi connectivity index (χ0v) is 6.34. The van der Waals surface area contributed by atoms with Gasteiger partial charge in [0.25, 0.3) is 0 Å². The lowest BCUT2D eigenvalue weighted by Gasteiger charge is -2.00. The average molecular weight is 172 g/mol. The summed E-state index contributed by atoms with van der Waals surface area (Å²) in [5, 5.41) is 0.628. The number of hydroxylamine groups is 1. The van der Waals surface area contributed by atoms with E-state index in [2.05, 4.69) is 5.48 Å². The highest BCUT2D eigenvalue weighted by Crippen LogP contribution is 2.14. The van der Waals surface area contributed by atoms with E-state index >= 15 is 0 Å². The lowest BCUT2D eigenvalue weighted by Crippen LogP contribution is -2.14. The van der Waals surface area contributed by atoms with Crippen LogP contribution in [0.15, 0.2) is 24.3 Å². The first-order valence-electron chi connectivity index (χ1n) is 2.94. The maximum absolute atomic E-state index is 9.78. The molecule has 1 N–H and O–H groups in total. The van der Waals surface area contributed by atoms with Crippen LogP contribution in [0.1, 0.15) is 0 Å². The molecule has 1 aromatic carbocycles. The Morgan fingerprint density at radius 3 is 2.55 bits per heavy atom. The first-order chi connectivity index (χ1) is 5.33. The van der Waals surface area contributed by atoms with Gasteiger partial charge < -0.3 is 4.84 Å². The summed E-state index contributed by atoms with van der Waals surface area (Å²) >= 11 is 5.60. The monoisotopic (exact) mass is 171 g/mol. The zero-order valence-electron chi connectivity index (χ0n) is 5.58. The molecule has 3 nitrogen and oxygen atoms in total. The molecule has 0 spiro atoms. The van der Waals surface area contributed by atoms with Crippen molar-refractivity contribution in [3.05, 3.63) is 29.3 Å². The third kappa shape index (κ3) is 2.47. The molecular weight excluding hydrogens is 166 g/mol. The van der Waals surface area contributed by atoms with Crippen molar-refractivity contribution >= 4 is 18.0 Å². The van der Waals surface area contributed by atoms with Crippen LogP contribution in [0.2, 0.25) is 5.02 Å². The quantitative estimate of drug-likeness (QED) is 0.551. The van der Waals surface area contributed by atoms with Crippen molar-refractivity contribution in [2.24, 2.45) is 0 Å². The number of amides is 1. The summed E-state index contributed by atoms with van der Waals surface area (Å²) in [5.74, 6) is 0.543. The van der Waals surface area contributed by atoms with Crippen molar-refractivity contribution < 1.29 is 9.63 Å². The number of carbonyl (C=O) groups is 1. The molecule has 0 aromatic heterocycles. The molecule has 1 aromatic rings. The summed E-state index contributed by atoms with van der Waals surface area (Å²) in [4.78, 5) is 14.5. The highest BCUT2D eigenvalue weighted by Gasteiger charge is 1.90. The Morgan fingerprint density at radius 1 is 1.36 bits per heavy atom. The van der Waals surface area contributed by atoms with Gasteiger partial charge in [-0.3, -0.25) is 4.79 Å². The third-order valence-electron chi connectivity index (χ3n) is 1.04. The van der Waals surface area contributed by atoms with Gasteiger partial charge in [0.1, 0.15) is 0 Å². The van der Waals surface area contributed by atoms with E-state index < -0.39 is 0 Å². The first kappa shape index (κ1) is 7.88. The van der Waals surface area contributed by atoms with Gasteiger partial charge in [0.2, 0.25) is 6.41 Å². The van der Waals surface area contributed by atoms with Gasteiger partial charge in [-0.15, -0.1) is 0 Å². The Bertz CT molecular complexity index is 235. The van der Waals surface area contributed by atoms with E-state index in [4.69, 9.17) is 16.4 Å². The third-order valence-corrected chi connectivity index (χ3v) is 1.29. The predicted octanol–water partition coefficient (Wildman–Crippen LogP) is 1.38. The molecule has 0 saturated heterocycles. The minimum Gasteiger partial charge on any atom is -0.380 e. The second-order valence-corrected chi connectivity index (χ2v) is 2.23. The van der Waals surface area contributed by atoms with Gasteiger partial charge in [-0.25, -0.2) is 0 Å². The molecule has 0 fully saturated rings. The van der Waals surface area contributed by atoms with E-state index in [1.54, 1.807) is 24.3 Å². The van der Waals surface area contributed by atoms with Crippen molar-refractivity contribution in [1.29, 1.82) is 0 Å². The van der Waals surface area contributed by atoms with Crippen LogP contribution in [0, 0.1) is 0 Å². The molecule has 0 bridgehead atoms. The molecule has 0 aliphatic rings. The smallest absolute Gasteiger partial charge is 0.239 e. The van der Waals surface area contributed by atoms with Crippen molar-refractivity contribution in [2.75, 3.05) is 0 Å². The fourth-order valence-corrected chi connectivity index (χ4v) is 0.721. The molecular formula is C7H6ClNO2. The predicted molar refractivity (Wildman–Crippen MR) is 41.3 cm³/mol. The van der Waals surface area contributed by atoms with E-state index in [1.165, 1.54) is 0 Å². The van der Waals surface area contributed by atoms with E-state index in [-0.39, 0.29) is 0 Å². The topological polar surface area (TPSA) is 38.3 Å². The molecule has 0 saturated carbocycles. The summed E-state index contributed by atoms with van der Waals surface area (Å²) in [7, 11) is 0. The van der Waals surface area contributed by atoms with E-state index in [9.17, 15) is 4.79 Å². The molecule has 0 atom stereocenters. The van der Waals surface area contributed by atoms with Crippen molar-refractivity contribution in [1.82, 2.24) is 5.48 Å². The second kappa shape index (κ2) is 3.83. The summed E-state index contributed by atoms with van der Waals surface area (Å²) in [6.07, 6.45) is 0.453. The van der Waals surface area contributed by atoms with Gasteiger partial charge in [0.05, 0.1) is 0 Å². The molecule has 0 aliphatic carbocycles. The molecule has 1 amide bonds. The van der Waals surface area contributed by atoms with Gasteiger partial charge in [0.15, 0.2) is 5.75 Å². The molecule has 4 heteroatoms. The SMILES string of the molecule is O=CNOc1ccc(Cl)cc1. The van der Waals surface area contributed by atoms with Crippen LogP contribution in [0.4, 0.5) is 0 Å². The number of hydrogen-bond donors (Lipinski definition) is 1. The molecule has 0 unspecified atom stereocenters. The molecule has 0 aliphatic heterocycles. The first-order valence-corrected chi connectivity index (χ1v) is 3.32. The highest BCUT2D eigenvalue weighted by molar-refractivity contribution is 6.30. The maximum atomic E-state index is 9.78. The van der Waals surface area contributed by atoms with Crippen LogP contribution in [-0.2, 0) is 4.79 Å². The van der Waals surface area contributed by atoms with Gasteiger partial charge in [-0.2, -0.15) is 5.48 Å². The van der Waals surface area contributed by atoms with E-state index in [0.717, 1.165) is 0 Å². The van der Waals surface area contributed by atoms with Gasteiger partial charge in [0, 0.05) is 5.02 Å². The lowest BCUT2D eigenvalue weighted by atomic mass is 10.3. The minimum atomic E-state index is 0.453. The molecule has 1 rings (SSSR count). The normalized spacial score (nSPS) is 8.82. The summed E-state index contributed by atoms with van der Waals surface area (Å²) in [5.41, 5.74) is 2.06. The van der Waals surface area contributed by atoms with Gasteiger partial charge in [-0.1, -0.05) is 11.6 Å². The van der Waals surface area contributed by atoms with Crippen LogP contribution in [0.3, 0.4) is 0 Å². The van der Waals surface area contributed by atoms with Crippen molar-refractivity contribution in [3.63, 3.8) is 0 Å². The van der Waals surface area contributed by atoms with E-state index in [1.807, 2.05) is 0 Å². The number of nitrogens with one attached hydrogen (secondary N) is 1. The van der Waals surface area contributed by atoms with Crippen LogP contribution < -0.4 is 10.3 Å². The van der Waals surface area contributed by atoms with Crippen LogP contribution in [0.25, 0.3) is 0 Å². The number of rotatable bonds is 3. The Kier molecular flexibility index (Phi) is 2.74. The van der Waals surface area contributed by atoms with Crippen LogP contribution in [-0.4, -0.2) is 6.41 Å². The minimum absolute atomic E-state index is 0.453. The number of carbonyl (C=O) groups excluding carboxylic acids is 1. The fraction of sp³-hybridized carbons (Fsp3) is 0. The molecule has 58 valence electrons. The highest BCUT2D eigenvalue weighted by atomic mass is 35.5. The Hall–Kier alpha value is -1.22. The summed E-state index contributed by atoms with van der Waals surface area (Å²) in [6, 6.07) is 6.64. The summed E-state index contributed by atoms with van der Waals surface area (Å²) < 4.78 is 0. The zero-order chi connectivity index (χ0) is 8.10. The molecule has 11 heavy (non-hydrogen) atoms. The standard InChI is InChI=1S/C7H6ClNO2/c8-6-1-3-7(4-2-6)11-9-5-10/h1-5H,(H,9,10). The molecule has 0 heterocycles. The number of halogens is 1. The number of benzene rings is 1. The van der Waals surface area contributed by atoms with Crippen molar-refractivity contribution in [2.45, 2.75) is 0 Å². The van der Waals surface area contributed by atoms with Crippen LogP contribution in [0.5, 0.6) is 5.75 Å². The average Bonchev–Trinajstić information content (AvgIpc) is 2.04. The Labute approximate surface area is 68.9 Å². The maximum Gasteiger partial charge on any atom is 0.239 e. The Balaban J connectivity index is 2.58. The largest absolute Gasteiger partial charge is 0.380 e. The fourth-order valence-electron chi connectivity index (χ4n) is 0.595. The number of hydrogen-bond acceptors (Lipinski definition) is 2. The lowest BCUT2D eigenvalue weighted by molar-refractivity contribution is -0.115. The van der Waals surface area contributed by atoms with Crippen LogP contribution >= 0.6 is 11.6 Å². The second-order valence-electron chi connectivity index (χ2n) is 1.79.